The number of benzene rings is 1. The van der Waals surface area contributed by atoms with Crippen LogP contribution in [0.5, 0.6) is 0 Å². The lowest BCUT2D eigenvalue weighted by atomic mass is 10.1. The summed E-state index contributed by atoms with van der Waals surface area (Å²) in [5, 5.41) is 11.2. The predicted octanol–water partition coefficient (Wildman–Crippen LogP) is 1.32. The number of hydrogen-bond donors (Lipinski definition) is 1. The van der Waals surface area contributed by atoms with Gasteiger partial charge in [-0.2, -0.15) is 0 Å². The van der Waals surface area contributed by atoms with Crippen LogP contribution in [0.2, 0.25) is 0 Å². The fourth-order valence-electron chi connectivity index (χ4n) is 2.54. The topological polar surface area (TPSA) is 59.8 Å². The van der Waals surface area contributed by atoms with Crippen LogP contribution in [-0.2, 0) is 24.2 Å². The Morgan fingerprint density at radius 2 is 2.09 bits per heavy atom. The summed E-state index contributed by atoms with van der Waals surface area (Å²) in [4.78, 5) is 11.7. The van der Waals surface area contributed by atoms with E-state index in [1.165, 1.54) is 12.8 Å². The summed E-state index contributed by atoms with van der Waals surface area (Å²) in [6.45, 7) is 1.51. The molecule has 1 aliphatic heterocycles. The van der Waals surface area contributed by atoms with Gasteiger partial charge in [-0.3, -0.25) is 4.79 Å². The van der Waals surface area contributed by atoms with Gasteiger partial charge in [0.2, 0.25) is 0 Å². The number of nitrogens with one attached hydrogen (secondary N) is 1. The van der Waals surface area contributed by atoms with Crippen molar-refractivity contribution in [3.05, 3.63) is 47.5 Å². The van der Waals surface area contributed by atoms with Gasteiger partial charge in [-0.25, -0.2) is 0 Å². The Kier molecular flexibility index (Phi) is 4.50. The molecule has 1 aromatic heterocycles. The van der Waals surface area contributed by atoms with Gasteiger partial charge in [0.05, 0.1) is 0 Å². The van der Waals surface area contributed by atoms with Crippen LogP contribution in [0.4, 0.5) is 0 Å². The third-order valence-electron chi connectivity index (χ3n) is 3.66. The highest BCUT2D eigenvalue weighted by molar-refractivity contribution is 5.94. The smallest absolute Gasteiger partial charge is 0.296 e. The Hall–Kier alpha value is -2.61. The average Bonchev–Trinajstić information content (AvgIpc) is 2.97. The molecule has 0 fully saturated rings. The van der Waals surface area contributed by atoms with Crippen LogP contribution in [0.15, 0.2) is 30.3 Å². The number of aromatic nitrogens is 3. The molecule has 5 nitrogen and oxygen atoms in total. The van der Waals surface area contributed by atoms with Crippen molar-refractivity contribution in [2.75, 3.05) is 6.54 Å². The Morgan fingerprint density at radius 1 is 1.23 bits per heavy atom. The molecule has 22 heavy (non-hydrogen) atoms. The van der Waals surface area contributed by atoms with Crippen LogP contribution in [0.3, 0.4) is 0 Å². The van der Waals surface area contributed by atoms with E-state index in [-0.39, 0.29) is 5.91 Å². The molecular formula is C17H18N4O. The van der Waals surface area contributed by atoms with Gasteiger partial charge in [0.15, 0.2) is 0 Å². The highest BCUT2D eigenvalue weighted by Gasteiger charge is 2.15. The van der Waals surface area contributed by atoms with E-state index in [2.05, 4.69) is 31.9 Å². The van der Waals surface area contributed by atoms with Crippen LogP contribution >= 0.6 is 0 Å². The molecule has 0 atom stereocenters. The van der Waals surface area contributed by atoms with Crippen LogP contribution in [-0.4, -0.2) is 27.2 Å². The first-order valence-corrected chi connectivity index (χ1v) is 7.59. The van der Waals surface area contributed by atoms with Gasteiger partial charge in [-0.15, -0.1) is 10.2 Å². The molecule has 5 heteroatoms. The van der Waals surface area contributed by atoms with Gasteiger partial charge in [0, 0.05) is 37.4 Å². The molecule has 0 saturated heterocycles. The molecule has 1 aromatic carbocycles. The molecule has 1 N–H and O–H groups in total. The van der Waals surface area contributed by atoms with Gasteiger partial charge >= 0.3 is 0 Å². The van der Waals surface area contributed by atoms with Gasteiger partial charge in [-0.05, 0) is 25.0 Å². The zero-order valence-corrected chi connectivity index (χ0v) is 12.4. The molecule has 1 aliphatic rings. The standard InChI is InChI=1S/C17H18N4O/c22-17(10-9-14-6-2-1-3-7-14)18-12-11-16-20-19-15-8-4-5-13-21(15)16/h1-3,6-7H,4-5,8,11-13H2,(H,18,22). The second kappa shape index (κ2) is 6.90. The third kappa shape index (κ3) is 3.53. The summed E-state index contributed by atoms with van der Waals surface area (Å²) in [6.07, 6.45) is 4.05. The Morgan fingerprint density at radius 3 is 2.95 bits per heavy atom. The summed E-state index contributed by atoms with van der Waals surface area (Å²) in [5.41, 5.74) is 0.837. The number of nitrogens with zero attached hydrogens (tertiary/aromatic N) is 3. The van der Waals surface area contributed by atoms with Crippen molar-refractivity contribution in [1.29, 1.82) is 0 Å². The first-order chi connectivity index (χ1) is 10.8. The second-order valence-electron chi connectivity index (χ2n) is 5.26. The minimum Gasteiger partial charge on any atom is -0.345 e. The quantitative estimate of drug-likeness (QED) is 0.869. The average molecular weight is 294 g/mol. The SMILES string of the molecule is O=C(C#Cc1ccccc1)NCCc1nnc2n1CCCC2. The van der Waals surface area contributed by atoms with E-state index in [0.717, 1.165) is 30.2 Å². The number of hydrogen-bond acceptors (Lipinski definition) is 3. The Labute approximate surface area is 129 Å². The minimum absolute atomic E-state index is 0.262. The molecule has 0 unspecified atom stereocenters. The third-order valence-corrected chi connectivity index (χ3v) is 3.66. The fraction of sp³-hybridized carbons (Fsp3) is 0.353. The van der Waals surface area contributed by atoms with Gasteiger partial charge in [0.1, 0.15) is 11.6 Å². The molecular weight excluding hydrogens is 276 g/mol. The summed E-state index contributed by atoms with van der Waals surface area (Å²) in [7, 11) is 0. The summed E-state index contributed by atoms with van der Waals surface area (Å²) >= 11 is 0. The molecule has 112 valence electrons. The molecule has 2 heterocycles. The molecule has 0 bridgehead atoms. The van der Waals surface area contributed by atoms with Crippen LogP contribution in [0.1, 0.15) is 30.1 Å². The van der Waals surface area contributed by atoms with Crippen molar-refractivity contribution in [3.63, 3.8) is 0 Å². The highest BCUT2D eigenvalue weighted by atomic mass is 16.1. The molecule has 0 spiro atoms. The molecule has 0 radical (unpaired) electrons. The summed E-state index contributed by atoms with van der Waals surface area (Å²) in [5.74, 6) is 7.20. The first kappa shape index (κ1) is 14.3. The Balaban J connectivity index is 1.50. The number of carbonyl (C=O) groups excluding carboxylic acids is 1. The van der Waals surface area contributed by atoms with E-state index >= 15 is 0 Å². The number of aryl methyl sites for hydroxylation is 1. The van der Waals surface area contributed by atoms with Crippen molar-refractivity contribution in [1.82, 2.24) is 20.1 Å². The van der Waals surface area contributed by atoms with Crippen LogP contribution < -0.4 is 5.32 Å². The predicted molar refractivity (Wildman–Crippen MR) is 83.0 cm³/mol. The second-order valence-corrected chi connectivity index (χ2v) is 5.26. The van der Waals surface area contributed by atoms with Gasteiger partial charge in [-0.1, -0.05) is 24.1 Å². The maximum absolute atomic E-state index is 11.7. The molecule has 3 rings (SSSR count). The fourth-order valence-corrected chi connectivity index (χ4v) is 2.54. The summed E-state index contributed by atoms with van der Waals surface area (Å²) in [6, 6.07) is 9.47. The van der Waals surface area contributed by atoms with E-state index in [1.807, 2.05) is 30.3 Å². The Bertz CT molecular complexity index is 709. The molecule has 0 saturated carbocycles. The van der Waals surface area contributed by atoms with Crippen molar-refractivity contribution in [3.8, 4) is 11.8 Å². The summed E-state index contributed by atoms with van der Waals surface area (Å²) < 4.78 is 2.17. The number of fused-ring (bicyclic) bond motifs is 1. The largest absolute Gasteiger partial charge is 0.345 e. The maximum Gasteiger partial charge on any atom is 0.296 e. The minimum atomic E-state index is -0.262. The monoisotopic (exact) mass is 294 g/mol. The number of rotatable bonds is 3. The van der Waals surface area contributed by atoms with E-state index in [4.69, 9.17) is 0 Å². The maximum atomic E-state index is 11.7. The number of carbonyl (C=O) groups is 1. The zero-order chi connectivity index (χ0) is 15.2. The van der Waals surface area contributed by atoms with Gasteiger partial charge < -0.3 is 9.88 Å². The van der Waals surface area contributed by atoms with Crippen LogP contribution in [0, 0.1) is 11.8 Å². The first-order valence-electron chi connectivity index (χ1n) is 7.59. The van der Waals surface area contributed by atoms with E-state index in [1.54, 1.807) is 0 Å². The molecule has 1 amide bonds. The lowest BCUT2D eigenvalue weighted by Gasteiger charge is -2.14. The van der Waals surface area contributed by atoms with Crippen molar-refractivity contribution >= 4 is 5.91 Å². The van der Waals surface area contributed by atoms with E-state index < -0.39 is 0 Å². The highest BCUT2D eigenvalue weighted by Crippen LogP contribution is 2.14. The van der Waals surface area contributed by atoms with E-state index in [9.17, 15) is 4.79 Å². The van der Waals surface area contributed by atoms with E-state index in [0.29, 0.717) is 13.0 Å². The van der Waals surface area contributed by atoms with Crippen molar-refractivity contribution in [2.24, 2.45) is 0 Å². The van der Waals surface area contributed by atoms with Gasteiger partial charge in [0.25, 0.3) is 5.91 Å². The van der Waals surface area contributed by atoms with Crippen LogP contribution in [0.25, 0.3) is 0 Å². The normalized spacial score (nSPS) is 12.9. The van der Waals surface area contributed by atoms with Crippen molar-refractivity contribution in [2.45, 2.75) is 32.2 Å². The molecule has 2 aromatic rings. The lowest BCUT2D eigenvalue weighted by Crippen LogP contribution is -2.25. The zero-order valence-electron chi connectivity index (χ0n) is 12.4. The van der Waals surface area contributed by atoms with Crippen molar-refractivity contribution < 1.29 is 4.79 Å². The molecule has 0 aliphatic carbocycles. The number of amides is 1. The lowest BCUT2D eigenvalue weighted by molar-refractivity contribution is -0.115.